The molecule has 0 aliphatic heterocycles. The van der Waals surface area contributed by atoms with Crippen molar-refractivity contribution in [1.82, 2.24) is 85.1 Å². The monoisotopic (exact) mass is 1600 g/mol. The topological polar surface area (TPSA) is 133 Å². The highest BCUT2D eigenvalue weighted by Crippen LogP contribution is 2.33. The van der Waals surface area contributed by atoms with Crippen molar-refractivity contribution in [2.24, 2.45) is 0 Å². The van der Waals surface area contributed by atoms with Crippen molar-refractivity contribution in [1.29, 1.82) is 0 Å². The summed E-state index contributed by atoms with van der Waals surface area (Å²) in [4.78, 5) is 0. The number of para-hydroxylation sites is 12. The summed E-state index contributed by atoms with van der Waals surface area (Å²) in [6.45, 7) is 0. The number of nitrogens with zero attached hydrogens (tertiary/aromatic N) is 18. The molecule has 576 valence electrons. The van der Waals surface area contributed by atoms with Gasteiger partial charge in [-0.15, -0.1) is 0 Å². The van der Waals surface area contributed by atoms with Gasteiger partial charge >= 0.3 is 0 Å². The van der Waals surface area contributed by atoms with Gasteiger partial charge < -0.3 is 0 Å². The molecule has 12 heterocycles. The Morgan fingerprint density at radius 1 is 0.131 bits per heavy atom. The predicted octanol–water partition coefficient (Wildman–Crippen LogP) is 15.7. The fourth-order valence-corrected chi connectivity index (χ4v) is 29.2. The first-order valence-electron chi connectivity index (χ1n) is 40.9. The zero-order chi connectivity index (χ0) is 80.1. The first-order chi connectivity index (χ1) is 60.5. The molecule has 0 unspecified atom stereocenters. The van der Waals surface area contributed by atoms with Crippen LogP contribution in [0.2, 0.25) is 0 Å². The van der Waals surface area contributed by atoms with Crippen LogP contribution in [0.15, 0.2) is 425 Å². The molecule has 122 heavy (non-hydrogen) atoms. The molecule has 12 aromatic heterocycles. The fourth-order valence-electron chi connectivity index (χ4n) is 19.8. The molecule has 0 radical (unpaired) electrons. The minimum atomic E-state index is -3.22. The number of fused-ring (bicyclic) bond motifs is 18. The summed E-state index contributed by atoms with van der Waals surface area (Å²) in [5.74, 6) is 0. The Labute approximate surface area is 697 Å². The standard InChI is InChI=1S/C60H40N12Si.C42H30N6Si/c1-5-13-53-49(9-1)65(57-33-37-61-69(53)57)41-17-25-45(26-18-41)73(46-27-19-42(20-28-46)66-50-10-2-6-14-54(50)70-58(66)34-38-62-70,47-29-21-43(22-30-47)67-51-11-3-7-15-55(51)71-59(67)35-39-63-71)48-31-23-44(24-32-48)68-52-12-4-8-16-56(52)72-60(68)36-40-64-72;1-3-11-33(12-4-1)49(34-13-5-2-6-14-34,35-23-19-31(20-24-35)45-37-15-7-9-17-39(37)47-41(45)27-29-43-47)36-25-21-32(22-26-36)46-38-16-8-10-18-40(38)48-42(46)28-30-44-48/h1-40H;1-30H. The van der Waals surface area contributed by atoms with Gasteiger partial charge in [0.15, 0.2) is 16.1 Å². The molecular weight excluding hydrogens is 1530 g/mol. The third-order valence-electron chi connectivity index (χ3n) is 25.0. The van der Waals surface area contributed by atoms with Gasteiger partial charge in [0.25, 0.3) is 0 Å². The molecule has 0 N–H and O–H groups in total. The molecule has 0 fully saturated rings. The predicted molar refractivity (Wildman–Crippen MR) is 494 cm³/mol. The van der Waals surface area contributed by atoms with Crippen molar-refractivity contribution in [2.45, 2.75) is 0 Å². The van der Waals surface area contributed by atoms with E-state index in [0.29, 0.717) is 0 Å². The Morgan fingerprint density at radius 3 is 0.434 bits per heavy atom. The van der Waals surface area contributed by atoms with E-state index in [2.05, 4.69) is 426 Å². The maximum Gasteiger partial charge on any atom is 0.179 e. The van der Waals surface area contributed by atoms with Crippen LogP contribution in [0.4, 0.5) is 0 Å². The molecule has 0 saturated carbocycles. The van der Waals surface area contributed by atoms with E-state index < -0.39 is 16.1 Å². The van der Waals surface area contributed by atoms with E-state index in [1.54, 1.807) is 0 Å². The SMILES string of the molecule is c1ccc([Si](c2ccccc2)(c2ccc(-n3c4ccccc4n4nccc34)cc2)c2ccc(-n3c4ccccc4n4nccc34)cc2)cc1.c1ccc2c(c1)n(-c1ccc([Si](c3ccc(-n4c5ccccc5n5nccc45)cc3)(c3ccc(-n4c5ccccc5n5nccc45)cc3)c3ccc(-n4c5ccccc5n5nccc45)cc3)cc1)c1ccnn21. The maximum absolute atomic E-state index is 4.72. The van der Waals surface area contributed by atoms with Crippen molar-refractivity contribution < 1.29 is 0 Å². The van der Waals surface area contributed by atoms with Crippen LogP contribution in [0, 0.1) is 0 Å². The highest BCUT2D eigenvalue weighted by Gasteiger charge is 2.44. The van der Waals surface area contributed by atoms with E-state index in [4.69, 9.17) is 20.4 Å². The van der Waals surface area contributed by atoms with Crippen LogP contribution in [-0.2, 0) is 0 Å². The highest BCUT2D eigenvalue weighted by atomic mass is 28.3. The second-order valence-electron chi connectivity index (χ2n) is 31.1. The number of aromatic nitrogens is 18. The van der Waals surface area contributed by atoms with Crippen molar-refractivity contribution in [3.63, 3.8) is 0 Å². The Kier molecular flexibility index (Phi) is 15.3. The van der Waals surface area contributed by atoms with Gasteiger partial charge in [0, 0.05) is 70.5 Å². The van der Waals surface area contributed by atoms with Crippen molar-refractivity contribution >= 4 is 158 Å². The second-order valence-corrected chi connectivity index (χ2v) is 38.7. The van der Waals surface area contributed by atoms with Crippen molar-refractivity contribution in [3.05, 3.63) is 425 Å². The number of hydrogen-bond acceptors (Lipinski definition) is 6. The number of rotatable bonds is 14. The first kappa shape index (κ1) is 68.8. The summed E-state index contributed by atoms with van der Waals surface area (Å²) in [6, 6.07) is 141. The fraction of sp³-hybridized carbons (Fsp3) is 0. The van der Waals surface area contributed by atoms with Crippen LogP contribution in [0.25, 0.3) is 134 Å². The van der Waals surface area contributed by atoms with Gasteiger partial charge in [-0.05, 0) is 187 Å². The van der Waals surface area contributed by atoms with Crippen molar-refractivity contribution in [2.75, 3.05) is 0 Å². The normalized spacial score (nSPS) is 12.3. The van der Waals surface area contributed by atoms with Gasteiger partial charge in [0.2, 0.25) is 0 Å². The molecule has 0 atom stereocenters. The first-order valence-corrected chi connectivity index (χ1v) is 44.9. The average Bonchev–Trinajstić information content (AvgIpc) is 0.836. The lowest BCUT2D eigenvalue weighted by molar-refractivity contribution is 0.992. The third kappa shape index (κ3) is 10.0. The molecule has 18 nitrogen and oxygen atoms in total. The zero-order valence-electron chi connectivity index (χ0n) is 65.5. The third-order valence-corrected chi connectivity index (χ3v) is 34.6. The Hall–Kier alpha value is -16.4. The van der Waals surface area contributed by atoms with E-state index in [0.717, 1.165) is 134 Å². The summed E-state index contributed by atoms with van der Waals surface area (Å²) >= 11 is 0. The lowest BCUT2D eigenvalue weighted by Crippen LogP contribution is -2.74. The van der Waals surface area contributed by atoms with Crippen LogP contribution in [0.1, 0.15) is 0 Å². The summed E-state index contributed by atoms with van der Waals surface area (Å²) in [5.41, 5.74) is 25.7. The van der Waals surface area contributed by atoms with E-state index in [9.17, 15) is 0 Å². The van der Waals surface area contributed by atoms with Crippen LogP contribution in [0.3, 0.4) is 0 Å². The Balaban J connectivity index is 0.000000145. The summed E-state index contributed by atoms with van der Waals surface area (Å²) in [6.07, 6.45) is 11.2. The van der Waals surface area contributed by atoms with Gasteiger partial charge in [-0.1, -0.05) is 206 Å². The van der Waals surface area contributed by atoms with Gasteiger partial charge in [-0.3, -0.25) is 27.4 Å². The van der Waals surface area contributed by atoms with E-state index >= 15 is 0 Å². The van der Waals surface area contributed by atoms with Crippen molar-refractivity contribution in [3.8, 4) is 34.1 Å². The molecule has 0 bridgehead atoms. The van der Waals surface area contributed by atoms with Gasteiger partial charge in [0.05, 0.1) is 103 Å². The Bertz CT molecular complexity index is 7690. The van der Waals surface area contributed by atoms with E-state index in [1.165, 1.54) is 41.5 Å². The minimum Gasteiger partial charge on any atom is -0.293 e. The highest BCUT2D eigenvalue weighted by molar-refractivity contribution is 7.20. The lowest BCUT2D eigenvalue weighted by atomic mass is 10.2. The van der Waals surface area contributed by atoms with Gasteiger partial charge in [0.1, 0.15) is 33.9 Å². The molecule has 0 spiro atoms. The molecule has 20 heteroatoms. The van der Waals surface area contributed by atoms with Crippen LogP contribution in [0.5, 0.6) is 0 Å². The number of hydrogen-bond donors (Lipinski definition) is 0. The number of imidazole rings is 6. The molecular formula is C102H70N18Si2. The minimum absolute atomic E-state index is 1.01. The number of benzene rings is 14. The second kappa shape index (κ2) is 27.1. The molecule has 0 saturated heterocycles. The molecule has 0 amide bonds. The smallest absolute Gasteiger partial charge is 0.179 e. The van der Waals surface area contributed by atoms with Crippen LogP contribution < -0.4 is 41.5 Å². The summed E-state index contributed by atoms with van der Waals surface area (Å²) in [5, 5.41) is 38.5. The molecule has 0 aliphatic rings. The molecule has 26 rings (SSSR count). The van der Waals surface area contributed by atoms with Gasteiger partial charge in [-0.2, -0.15) is 30.6 Å². The summed E-state index contributed by atoms with van der Waals surface area (Å²) in [7, 11) is -5.97. The Morgan fingerprint density at radius 2 is 0.270 bits per heavy atom. The largest absolute Gasteiger partial charge is 0.293 e. The van der Waals surface area contributed by atoms with Gasteiger partial charge in [-0.25, -0.2) is 27.1 Å². The molecule has 26 aromatic rings. The lowest BCUT2D eigenvalue weighted by Gasteiger charge is -2.35. The molecule has 14 aromatic carbocycles. The zero-order valence-corrected chi connectivity index (χ0v) is 67.5. The summed E-state index contributed by atoms with van der Waals surface area (Å²) < 4.78 is 26.0. The maximum atomic E-state index is 4.72. The van der Waals surface area contributed by atoms with E-state index in [-0.39, 0.29) is 0 Å². The quantitative estimate of drug-likeness (QED) is 0.0786. The van der Waals surface area contributed by atoms with Crippen LogP contribution >= 0.6 is 0 Å². The average molecular weight is 1600 g/mol. The van der Waals surface area contributed by atoms with Crippen LogP contribution in [-0.4, -0.2) is 101 Å². The molecule has 0 aliphatic carbocycles. The van der Waals surface area contributed by atoms with E-state index in [1.807, 2.05) is 64.3 Å².